The molecule has 0 bridgehead atoms. The maximum absolute atomic E-state index is 13.1. The van der Waals surface area contributed by atoms with Gasteiger partial charge in [0.2, 0.25) is 0 Å². The minimum absolute atomic E-state index is 0.0566. The van der Waals surface area contributed by atoms with Crippen LogP contribution in [-0.2, 0) is 14.3 Å². The summed E-state index contributed by atoms with van der Waals surface area (Å²) < 4.78 is 10.4. The Hall–Kier alpha value is -4.25. The first-order chi connectivity index (χ1) is 17.8. The van der Waals surface area contributed by atoms with Crippen LogP contribution in [0.15, 0.2) is 59.8 Å². The van der Waals surface area contributed by atoms with Gasteiger partial charge in [-0.25, -0.2) is 9.59 Å². The Morgan fingerprint density at radius 2 is 1.92 bits per heavy atom. The zero-order valence-electron chi connectivity index (χ0n) is 21.0. The fourth-order valence-corrected chi connectivity index (χ4v) is 3.94. The number of hydrogen-bond acceptors (Lipinski definition) is 7. The summed E-state index contributed by atoms with van der Waals surface area (Å²) in [4.78, 5) is 50.8. The third-order valence-corrected chi connectivity index (χ3v) is 5.87. The van der Waals surface area contributed by atoms with Gasteiger partial charge in [0.25, 0.3) is 11.6 Å². The van der Waals surface area contributed by atoms with Crippen molar-refractivity contribution in [1.29, 1.82) is 0 Å². The third-order valence-electron chi connectivity index (χ3n) is 5.87. The summed E-state index contributed by atoms with van der Waals surface area (Å²) in [6, 6.07) is 10.9. The average molecular weight is 511 g/mol. The van der Waals surface area contributed by atoms with Crippen molar-refractivity contribution in [3.63, 3.8) is 0 Å². The van der Waals surface area contributed by atoms with Gasteiger partial charge in [-0.2, -0.15) is 0 Å². The van der Waals surface area contributed by atoms with Gasteiger partial charge in [0.1, 0.15) is 6.61 Å². The maximum Gasteiger partial charge on any atom is 0.338 e. The van der Waals surface area contributed by atoms with Gasteiger partial charge >= 0.3 is 12.0 Å². The summed E-state index contributed by atoms with van der Waals surface area (Å²) in [6.07, 6.45) is 1.64. The second-order valence-electron chi connectivity index (χ2n) is 8.40. The predicted octanol–water partition coefficient (Wildman–Crippen LogP) is 4.18. The first-order valence-electron chi connectivity index (χ1n) is 11.9. The Morgan fingerprint density at radius 3 is 2.62 bits per heavy atom. The molecule has 0 aliphatic carbocycles. The first kappa shape index (κ1) is 27.3. The summed E-state index contributed by atoms with van der Waals surface area (Å²) in [6.45, 7) is 4.46. The monoisotopic (exact) mass is 510 g/mol. The highest BCUT2D eigenvalue weighted by molar-refractivity contribution is 6.04. The van der Waals surface area contributed by atoms with Crippen LogP contribution < -0.4 is 10.6 Å². The minimum atomic E-state index is -0.810. The van der Waals surface area contributed by atoms with Crippen LogP contribution >= 0.6 is 0 Å². The lowest BCUT2D eigenvalue weighted by Crippen LogP contribution is -2.48. The highest BCUT2D eigenvalue weighted by atomic mass is 16.6. The molecule has 1 atom stereocenters. The maximum atomic E-state index is 13.1. The van der Waals surface area contributed by atoms with Crippen LogP contribution in [0.2, 0.25) is 0 Å². The molecule has 1 unspecified atom stereocenters. The number of unbranched alkanes of at least 4 members (excludes halogenated alkanes) is 1. The lowest BCUT2D eigenvalue weighted by Gasteiger charge is -2.35. The molecule has 196 valence electrons. The summed E-state index contributed by atoms with van der Waals surface area (Å²) in [7, 11) is 1.50. The SMILES string of the molecule is CCCCN1C(=O)NC(c2cccc(NC(=O)c3cccc([N+](=O)[O-])c3)c2)C(C(=O)OCCOC)=C1C. The number of amides is 3. The Morgan fingerprint density at radius 1 is 1.16 bits per heavy atom. The van der Waals surface area contributed by atoms with Crippen molar-refractivity contribution in [1.82, 2.24) is 10.2 Å². The number of nitro groups is 1. The Balaban J connectivity index is 1.91. The van der Waals surface area contributed by atoms with Crippen molar-refractivity contribution in [3.05, 3.63) is 81.0 Å². The number of non-ortho nitro benzene ring substituents is 1. The van der Waals surface area contributed by atoms with E-state index >= 15 is 0 Å². The van der Waals surface area contributed by atoms with Crippen LogP contribution in [0, 0.1) is 10.1 Å². The van der Waals surface area contributed by atoms with Crippen molar-refractivity contribution in [2.75, 3.05) is 32.2 Å². The van der Waals surface area contributed by atoms with Gasteiger partial charge in [0.05, 0.1) is 23.1 Å². The number of urea groups is 1. The molecule has 1 aliphatic heterocycles. The van der Waals surface area contributed by atoms with Crippen molar-refractivity contribution in [2.45, 2.75) is 32.7 Å². The van der Waals surface area contributed by atoms with Crippen molar-refractivity contribution >= 4 is 29.3 Å². The van der Waals surface area contributed by atoms with Crippen LogP contribution in [0.3, 0.4) is 0 Å². The normalized spacial score (nSPS) is 15.3. The molecule has 0 fully saturated rings. The van der Waals surface area contributed by atoms with Gasteiger partial charge in [0, 0.05) is 42.7 Å². The molecule has 11 nitrogen and oxygen atoms in total. The number of rotatable bonds is 11. The number of nitro benzene ring substituents is 1. The van der Waals surface area contributed by atoms with Crippen LogP contribution in [0.4, 0.5) is 16.2 Å². The van der Waals surface area contributed by atoms with Gasteiger partial charge < -0.3 is 20.1 Å². The van der Waals surface area contributed by atoms with Crippen molar-refractivity contribution < 1.29 is 28.8 Å². The predicted molar refractivity (Wildman–Crippen MR) is 136 cm³/mol. The van der Waals surface area contributed by atoms with Gasteiger partial charge in [-0.05, 0) is 37.1 Å². The van der Waals surface area contributed by atoms with Gasteiger partial charge in [-0.15, -0.1) is 0 Å². The highest BCUT2D eigenvalue weighted by Gasteiger charge is 2.36. The Labute approximate surface area is 214 Å². The van der Waals surface area contributed by atoms with Crippen molar-refractivity contribution in [2.24, 2.45) is 0 Å². The second-order valence-corrected chi connectivity index (χ2v) is 8.40. The topological polar surface area (TPSA) is 140 Å². The molecule has 0 saturated heterocycles. The number of carbonyl (C=O) groups excluding carboxylic acids is 3. The quantitative estimate of drug-likeness (QED) is 0.200. The molecule has 2 aromatic rings. The molecule has 0 spiro atoms. The van der Waals surface area contributed by atoms with E-state index in [1.807, 2.05) is 6.92 Å². The molecular weight excluding hydrogens is 480 g/mol. The Bertz CT molecular complexity index is 1210. The van der Waals surface area contributed by atoms with E-state index in [0.717, 1.165) is 12.8 Å². The van der Waals surface area contributed by atoms with Gasteiger partial charge in [-0.1, -0.05) is 31.5 Å². The molecule has 0 saturated carbocycles. The summed E-state index contributed by atoms with van der Waals surface area (Å²) in [5.74, 6) is -1.11. The van der Waals surface area contributed by atoms with E-state index in [2.05, 4.69) is 10.6 Å². The third kappa shape index (κ3) is 6.70. The molecule has 3 rings (SSSR count). The summed E-state index contributed by atoms with van der Waals surface area (Å²) in [5.41, 5.74) is 1.65. The number of anilines is 1. The number of nitrogens with one attached hydrogen (secondary N) is 2. The molecule has 2 N–H and O–H groups in total. The van der Waals surface area contributed by atoms with E-state index in [1.165, 1.54) is 36.3 Å². The number of nitrogens with zero attached hydrogens (tertiary/aromatic N) is 2. The summed E-state index contributed by atoms with van der Waals surface area (Å²) in [5, 5.41) is 16.6. The first-order valence-corrected chi connectivity index (χ1v) is 11.9. The number of esters is 1. The van der Waals surface area contributed by atoms with E-state index in [0.29, 0.717) is 23.5 Å². The largest absolute Gasteiger partial charge is 0.460 e. The Kier molecular flexibility index (Phi) is 9.33. The number of allylic oxidation sites excluding steroid dienone is 1. The number of ether oxygens (including phenoxy) is 2. The van der Waals surface area contributed by atoms with E-state index in [1.54, 1.807) is 31.2 Å². The molecule has 11 heteroatoms. The molecule has 37 heavy (non-hydrogen) atoms. The van der Waals surface area contributed by atoms with Crippen LogP contribution in [0.5, 0.6) is 0 Å². The van der Waals surface area contributed by atoms with E-state index < -0.39 is 22.8 Å². The standard InChI is InChI=1S/C26H30N4O7/c1-4-5-12-29-17(2)22(25(32)37-14-13-36-3)23(28-26(29)33)18-8-6-10-20(15-18)27-24(31)19-9-7-11-21(16-19)30(34)35/h6-11,15-16,23H,4-5,12-14H2,1-3H3,(H,27,31)(H,28,33). The molecular formula is C26H30N4O7. The lowest BCUT2D eigenvalue weighted by atomic mass is 9.94. The molecule has 0 aromatic heterocycles. The fourth-order valence-electron chi connectivity index (χ4n) is 3.94. The molecule has 0 radical (unpaired) electrons. The average Bonchev–Trinajstić information content (AvgIpc) is 2.88. The van der Waals surface area contributed by atoms with Gasteiger partial charge in [0.15, 0.2) is 0 Å². The van der Waals surface area contributed by atoms with E-state index in [4.69, 9.17) is 9.47 Å². The van der Waals surface area contributed by atoms with Crippen LogP contribution in [0.1, 0.15) is 48.7 Å². The zero-order valence-corrected chi connectivity index (χ0v) is 21.0. The van der Waals surface area contributed by atoms with Crippen molar-refractivity contribution in [3.8, 4) is 0 Å². The molecule has 2 aromatic carbocycles. The van der Waals surface area contributed by atoms with Crippen LogP contribution in [0.25, 0.3) is 0 Å². The van der Waals surface area contributed by atoms with E-state index in [9.17, 15) is 24.5 Å². The molecule has 1 aliphatic rings. The molecule has 1 heterocycles. The minimum Gasteiger partial charge on any atom is -0.460 e. The number of hydrogen-bond donors (Lipinski definition) is 2. The molecule has 3 amide bonds. The number of methoxy groups -OCH3 is 1. The summed E-state index contributed by atoms with van der Waals surface area (Å²) >= 11 is 0. The zero-order chi connectivity index (χ0) is 26.9. The lowest BCUT2D eigenvalue weighted by molar-refractivity contribution is -0.384. The highest BCUT2D eigenvalue weighted by Crippen LogP contribution is 2.32. The van der Waals surface area contributed by atoms with E-state index in [-0.39, 0.29) is 36.1 Å². The van der Waals surface area contributed by atoms with Crippen LogP contribution in [-0.4, -0.2) is 54.6 Å². The number of carbonyl (C=O) groups is 3. The fraction of sp³-hybridized carbons (Fsp3) is 0.346. The second kappa shape index (κ2) is 12.6. The van der Waals surface area contributed by atoms with Gasteiger partial charge in [-0.3, -0.25) is 19.8 Å². The number of benzene rings is 2. The smallest absolute Gasteiger partial charge is 0.338 e.